The van der Waals surface area contributed by atoms with Gasteiger partial charge in [0.05, 0.1) is 29.1 Å². The van der Waals surface area contributed by atoms with Crippen molar-refractivity contribution in [3.8, 4) is 33.4 Å². The third kappa shape index (κ3) is 4.55. The van der Waals surface area contributed by atoms with Crippen molar-refractivity contribution in [1.82, 2.24) is 14.8 Å². The van der Waals surface area contributed by atoms with Crippen LogP contribution in [0, 0.1) is 10.1 Å². The van der Waals surface area contributed by atoms with Gasteiger partial charge in [0.25, 0.3) is 5.69 Å². The smallest absolute Gasteiger partial charge is 0.301 e. The molecular formula is C25H18N6O4S. The van der Waals surface area contributed by atoms with Crippen LogP contribution in [0.15, 0.2) is 99.3 Å². The normalized spacial score (nSPS) is 11.1. The van der Waals surface area contributed by atoms with Gasteiger partial charge >= 0.3 is 5.56 Å². The van der Waals surface area contributed by atoms with Crippen LogP contribution in [-0.2, 0) is 0 Å². The molecule has 5 aromatic rings. The van der Waals surface area contributed by atoms with E-state index >= 15 is 0 Å². The number of hydrogen-bond acceptors (Lipinski definition) is 8. The molecule has 0 saturated heterocycles. The second kappa shape index (κ2) is 9.76. The zero-order valence-corrected chi connectivity index (χ0v) is 19.7. The zero-order chi connectivity index (χ0) is 25.1. The summed E-state index contributed by atoms with van der Waals surface area (Å²) in [6.07, 6.45) is 0. The third-order valence-corrected chi connectivity index (χ3v) is 6.15. The van der Waals surface area contributed by atoms with E-state index < -0.39 is 10.5 Å². The average molecular weight is 499 g/mol. The molecule has 0 spiro atoms. The first-order chi connectivity index (χ1) is 17.5. The number of azo groups is 1. The number of hydrogen-bond donors (Lipinski definition) is 1. The lowest BCUT2D eigenvalue weighted by Crippen LogP contribution is -2.13. The molecule has 0 atom stereocenters. The SMILES string of the molecule is COc1ccc(-c2csc(-n3[nH]c(-c4ccc([N+](=O)[O-])cc4)c(N=Nc4ccccc4)c3=O)n2)cc1. The lowest BCUT2D eigenvalue weighted by Gasteiger charge is -2.01. The van der Waals surface area contributed by atoms with Crippen LogP contribution in [0.3, 0.4) is 0 Å². The van der Waals surface area contributed by atoms with E-state index in [4.69, 9.17) is 4.74 Å². The largest absolute Gasteiger partial charge is 0.497 e. The number of aromatic nitrogens is 3. The van der Waals surface area contributed by atoms with Gasteiger partial charge < -0.3 is 4.74 Å². The number of ether oxygens (including phenoxy) is 1. The molecule has 178 valence electrons. The van der Waals surface area contributed by atoms with Crippen LogP contribution in [-0.4, -0.2) is 26.8 Å². The highest BCUT2D eigenvalue weighted by Gasteiger charge is 2.20. The second-order valence-corrected chi connectivity index (χ2v) is 8.40. The minimum Gasteiger partial charge on any atom is -0.497 e. The summed E-state index contributed by atoms with van der Waals surface area (Å²) in [5.41, 5.74) is 2.63. The van der Waals surface area contributed by atoms with Crippen LogP contribution < -0.4 is 10.3 Å². The summed E-state index contributed by atoms with van der Waals surface area (Å²) in [5, 5.41) is 24.8. The molecule has 11 heteroatoms. The fraction of sp³-hybridized carbons (Fsp3) is 0.0400. The number of nitrogens with zero attached hydrogens (tertiary/aromatic N) is 5. The lowest BCUT2D eigenvalue weighted by atomic mass is 10.1. The maximum absolute atomic E-state index is 13.4. The Hall–Kier alpha value is -4.90. The van der Waals surface area contributed by atoms with E-state index in [1.54, 1.807) is 31.4 Å². The first-order valence-electron chi connectivity index (χ1n) is 10.7. The summed E-state index contributed by atoms with van der Waals surface area (Å²) in [6, 6.07) is 22.3. The van der Waals surface area contributed by atoms with Gasteiger partial charge in [0.1, 0.15) is 5.75 Å². The minimum absolute atomic E-state index is 0.0583. The molecule has 3 aromatic carbocycles. The third-order valence-electron chi connectivity index (χ3n) is 5.32. The first-order valence-corrected chi connectivity index (χ1v) is 11.6. The van der Waals surface area contributed by atoms with E-state index in [9.17, 15) is 14.9 Å². The lowest BCUT2D eigenvalue weighted by molar-refractivity contribution is -0.384. The van der Waals surface area contributed by atoms with E-state index in [0.717, 1.165) is 11.3 Å². The molecule has 2 heterocycles. The molecule has 36 heavy (non-hydrogen) atoms. The standard InChI is InChI=1S/C25H18N6O4S/c1-35-20-13-9-16(10-14-20)21-15-36-25(26-21)30-24(32)23(28-27-18-5-3-2-4-6-18)22(29-30)17-7-11-19(12-8-17)31(33)34/h2-15,29H,1H3. The molecule has 2 aromatic heterocycles. The van der Waals surface area contributed by atoms with E-state index in [1.807, 2.05) is 47.8 Å². The Morgan fingerprint density at radius 2 is 1.67 bits per heavy atom. The molecule has 0 unspecified atom stereocenters. The summed E-state index contributed by atoms with van der Waals surface area (Å²) in [7, 11) is 1.60. The Morgan fingerprint density at radius 3 is 2.33 bits per heavy atom. The highest BCUT2D eigenvalue weighted by molar-refractivity contribution is 7.12. The van der Waals surface area contributed by atoms with E-state index in [1.165, 1.54) is 28.2 Å². The summed E-state index contributed by atoms with van der Waals surface area (Å²) in [4.78, 5) is 28.6. The summed E-state index contributed by atoms with van der Waals surface area (Å²) < 4.78 is 6.50. The summed E-state index contributed by atoms with van der Waals surface area (Å²) in [6.45, 7) is 0. The maximum Gasteiger partial charge on any atom is 0.301 e. The molecule has 0 radical (unpaired) electrons. The van der Waals surface area contributed by atoms with Crippen LogP contribution in [0.25, 0.3) is 27.6 Å². The number of nitrogens with one attached hydrogen (secondary N) is 1. The van der Waals surface area contributed by atoms with Crippen molar-refractivity contribution in [2.24, 2.45) is 10.2 Å². The predicted octanol–water partition coefficient (Wildman–Crippen LogP) is 6.29. The Labute approximate surface area is 208 Å². The molecule has 0 aliphatic carbocycles. The van der Waals surface area contributed by atoms with Crippen molar-refractivity contribution >= 4 is 28.4 Å². The maximum atomic E-state index is 13.4. The molecule has 10 nitrogen and oxygen atoms in total. The van der Waals surface area contributed by atoms with E-state index in [2.05, 4.69) is 20.3 Å². The number of non-ortho nitro benzene ring substituents is 1. The molecule has 0 fully saturated rings. The van der Waals surface area contributed by atoms with Gasteiger partial charge in [-0.2, -0.15) is 9.80 Å². The predicted molar refractivity (Wildman–Crippen MR) is 137 cm³/mol. The molecule has 0 aliphatic heterocycles. The Kier molecular flexibility index (Phi) is 6.20. The zero-order valence-electron chi connectivity index (χ0n) is 18.9. The number of benzene rings is 3. The highest BCUT2D eigenvalue weighted by atomic mass is 32.1. The van der Waals surface area contributed by atoms with Crippen molar-refractivity contribution in [3.63, 3.8) is 0 Å². The molecular weight excluding hydrogens is 480 g/mol. The fourth-order valence-electron chi connectivity index (χ4n) is 3.47. The van der Waals surface area contributed by atoms with Gasteiger partial charge in [-0.05, 0) is 48.5 Å². The number of rotatable bonds is 7. The Morgan fingerprint density at radius 1 is 0.972 bits per heavy atom. The molecule has 0 amide bonds. The van der Waals surface area contributed by atoms with Gasteiger partial charge in [-0.1, -0.05) is 18.2 Å². The number of thiazole rings is 1. The van der Waals surface area contributed by atoms with Crippen LogP contribution in [0.2, 0.25) is 0 Å². The topological polar surface area (TPSA) is 128 Å². The van der Waals surface area contributed by atoms with E-state index in [-0.39, 0.29) is 11.4 Å². The number of nitro benzene ring substituents is 1. The second-order valence-electron chi connectivity index (χ2n) is 7.56. The van der Waals surface area contributed by atoms with Crippen LogP contribution in [0.5, 0.6) is 5.75 Å². The van der Waals surface area contributed by atoms with Gasteiger partial charge in [0.2, 0.25) is 5.13 Å². The van der Waals surface area contributed by atoms with Crippen molar-refractivity contribution in [3.05, 3.63) is 105 Å². The number of nitro groups is 1. The van der Waals surface area contributed by atoms with E-state index in [0.29, 0.717) is 27.8 Å². The van der Waals surface area contributed by atoms with Crippen molar-refractivity contribution in [2.45, 2.75) is 0 Å². The molecule has 1 N–H and O–H groups in total. The van der Waals surface area contributed by atoms with Gasteiger partial charge in [0.15, 0.2) is 5.69 Å². The van der Waals surface area contributed by atoms with Crippen molar-refractivity contribution < 1.29 is 9.66 Å². The van der Waals surface area contributed by atoms with Crippen LogP contribution >= 0.6 is 11.3 Å². The van der Waals surface area contributed by atoms with Crippen LogP contribution in [0.4, 0.5) is 17.1 Å². The van der Waals surface area contributed by atoms with Crippen molar-refractivity contribution in [1.29, 1.82) is 0 Å². The molecule has 5 rings (SSSR count). The Bertz CT molecular complexity index is 1600. The quantitative estimate of drug-likeness (QED) is 0.160. The molecule has 0 saturated carbocycles. The molecule has 0 aliphatic rings. The van der Waals surface area contributed by atoms with Gasteiger partial charge in [-0.15, -0.1) is 16.5 Å². The highest BCUT2D eigenvalue weighted by Crippen LogP contribution is 2.31. The van der Waals surface area contributed by atoms with Gasteiger partial charge in [-0.25, -0.2) is 4.98 Å². The summed E-state index contributed by atoms with van der Waals surface area (Å²) in [5.74, 6) is 0.732. The minimum atomic E-state index is -0.482. The first kappa shape index (κ1) is 22.9. The van der Waals surface area contributed by atoms with Gasteiger partial charge in [0, 0.05) is 28.6 Å². The number of methoxy groups -OCH3 is 1. The fourth-order valence-corrected chi connectivity index (χ4v) is 4.26. The van der Waals surface area contributed by atoms with Gasteiger partial charge in [-0.3, -0.25) is 20.0 Å². The summed E-state index contributed by atoms with van der Waals surface area (Å²) >= 11 is 1.29. The number of H-pyrrole nitrogens is 1. The monoisotopic (exact) mass is 498 g/mol. The van der Waals surface area contributed by atoms with Crippen molar-refractivity contribution in [2.75, 3.05) is 7.11 Å². The average Bonchev–Trinajstić information content (AvgIpc) is 3.53. The van der Waals surface area contributed by atoms with Crippen LogP contribution in [0.1, 0.15) is 0 Å². The number of aromatic amines is 1. The Balaban J connectivity index is 1.58. The molecule has 0 bridgehead atoms.